The third kappa shape index (κ3) is 4.18. The molecule has 0 spiro atoms. The van der Waals surface area contributed by atoms with Crippen molar-refractivity contribution in [3.63, 3.8) is 0 Å². The van der Waals surface area contributed by atoms with E-state index in [0.717, 1.165) is 11.3 Å². The Morgan fingerprint density at radius 3 is 2.11 bits per heavy atom. The van der Waals surface area contributed by atoms with Gasteiger partial charge in [-0.1, -0.05) is 48.5 Å². The summed E-state index contributed by atoms with van der Waals surface area (Å²) in [7, 11) is 0. The number of hydrogen-bond acceptors (Lipinski definition) is 2. The lowest BCUT2D eigenvalue weighted by molar-refractivity contribution is 0.237. The highest BCUT2D eigenvalue weighted by atomic mass is 16.5. The molecular formula is C17H18O2. The minimum atomic E-state index is 0.543. The average Bonchev–Trinajstić information content (AvgIpc) is 2.46. The van der Waals surface area contributed by atoms with Gasteiger partial charge in [0.2, 0.25) is 0 Å². The van der Waals surface area contributed by atoms with Gasteiger partial charge >= 0.3 is 0 Å². The summed E-state index contributed by atoms with van der Waals surface area (Å²) < 4.78 is 10.9. The number of hydrogen-bond donors (Lipinski definition) is 0. The lowest BCUT2D eigenvalue weighted by Gasteiger charge is -2.07. The average molecular weight is 254 g/mol. The Morgan fingerprint density at radius 2 is 1.47 bits per heavy atom. The van der Waals surface area contributed by atoms with E-state index in [1.54, 1.807) is 0 Å². The van der Waals surface area contributed by atoms with Gasteiger partial charge in [0, 0.05) is 0 Å². The van der Waals surface area contributed by atoms with E-state index >= 15 is 0 Å². The Hall–Kier alpha value is -2.22. The molecule has 0 fully saturated rings. The quantitative estimate of drug-likeness (QED) is 0.718. The van der Waals surface area contributed by atoms with Crippen LogP contribution in [-0.2, 0) is 18.0 Å². The molecule has 0 radical (unpaired) electrons. The van der Waals surface area contributed by atoms with Crippen molar-refractivity contribution in [2.24, 2.45) is 0 Å². The Kier molecular flexibility index (Phi) is 4.62. The van der Waals surface area contributed by atoms with Crippen molar-refractivity contribution < 1.29 is 9.47 Å². The van der Waals surface area contributed by atoms with Gasteiger partial charge in [0.1, 0.15) is 19.0 Å². The second-order valence-corrected chi connectivity index (χ2v) is 4.40. The molecule has 0 N–H and O–H groups in total. The molecule has 0 atom stereocenters. The number of rotatable bonds is 6. The third-order valence-corrected chi connectivity index (χ3v) is 2.82. The molecule has 2 aromatic carbocycles. The minimum absolute atomic E-state index is 0.543. The first-order valence-electron chi connectivity index (χ1n) is 6.28. The topological polar surface area (TPSA) is 18.5 Å². The van der Waals surface area contributed by atoms with Gasteiger partial charge in [-0.15, -0.1) is 0 Å². The highest BCUT2D eigenvalue weighted by molar-refractivity contribution is 5.28. The van der Waals surface area contributed by atoms with Crippen LogP contribution in [0, 0.1) is 6.92 Å². The molecule has 2 nitrogen and oxygen atoms in total. The fraction of sp³-hybridized carbons (Fsp3) is 0.176. The van der Waals surface area contributed by atoms with Gasteiger partial charge < -0.3 is 9.47 Å². The summed E-state index contributed by atoms with van der Waals surface area (Å²) in [6.45, 7) is 6.72. The van der Waals surface area contributed by atoms with Crippen LogP contribution in [0.1, 0.15) is 16.7 Å². The maximum atomic E-state index is 5.73. The first kappa shape index (κ1) is 13.2. The van der Waals surface area contributed by atoms with Crippen LogP contribution in [-0.4, -0.2) is 0 Å². The van der Waals surface area contributed by atoms with Gasteiger partial charge in [-0.25, -0.2) is 0 Å². The van der Waals surface area contributed by atoms with Crippen LogP contribution in [0.25, 0.3) is 0 Å². The molecule has 0 saturated carbocycles. The molecule has 19 heavy (non-hydrogen) atoms. The molecule has 0 heterocycles. The summed E-state index contributed by atoms with van der Waals surface area (Å²) in [4.78, 5) is 0. The lowest BCUT2D eigenvalue weighted by Crippen LogP contribution is -1.95. The SMILES string of the molecule is C=COCc1ccc(OCc2ccc(C)cc2)cc1. The molecule has 2 heteroatoms. The second kappa shape index (κ2) is 6.64. The Bertz CT molecular complexity index is 512. The van der Waals surface area contributed by atoms with Crippen molar-refractivity contribution in [3.05, 3.63) is 78.1 Å². The van der Waals surface area contributed by atoms with Crippen LogP contribution in [0.5, 0.6) is 5.75 Å². The van der Waals surface area contributed by atoms with E-state index < -0.39 is 0 Å². The summed E-state index contributed by atoms with van der Waals surface area (Å²) in [6.07, 6.45) is 1.45. The van der Waals surface area contributed by atoms with Gasteiger partial charge in [0.05, 0.1) is 6.26 Å². The fourth-order valence-electron chi connectivity index (χ4n) is 1.69. The molecule has 0 aromatic heterocycles. The van der Waals surface area contributed by atoms with Gasteiger partial charge in [-0.2, -0.15) is 0 Å². The smallest absolute Gasteiger partial charge is 0.119 e. The lowest BCUT2D eigenvalue weighted by atomic mass is 10.2. The van der Waals surface area contributed by atoms with Crippen molar-refractivity contribution in [1.29, 1.82) is 0 Å². The Balaban J connectivity index is 1.89. The predicted molar refractivity (Wildman–Crippen MR) is 76.9 cm³/mol. The normalized spacial score (nSPS) is 9.95. The van der Waals surface area contributed by atoms with Gasteiger partial charge in [-0.05, 0) is 30.2 Å². The van der Waals surface area contributed by atoms with Crippen molar-refractivity contribution in [2.75, 3.05) is 0 Å². The highest BCUT2D eigenvalue weighted by Gasteiger charge is 1.97. The molecule has 2 aromatic rings. The number of aryl methyl sites for hydroxylation is 1. The van der Waals surface area contributed by atoms with Crippen LogP contribution in [0.4, 0.5) is 0 Å². The van der Waals surface area contributed by atoms with E-state index in [-0.39, 0.29) is 0 Å². The number of benzene rings is 2. The van der Waals surface area contributed by atoms with Gasteiger partial charge in [0.15, 0.2) is 0 Å². The zero-order valence-corrected chi connectivity index (χ0v) is 11.1. The molecule has 2 rings (SSSR count). The van der Waals surface area contributed by atoms with E-state index in [1.165, 1.54) is 17.4 Å². The largest absolute Gasteiger partial charge is 0.497 e. The summed E-state index contributed by atoms with van der Waals surface area (Å²) >= 11 is 0. The molecule has 98 valence electrons. The van der Waals surface area contributed by atoms with Crippen molar-refractivity contribution in [3.8, 4) is 5.75 Å². The zero-order valence-electron chi connectivity index (χ0n) is 11.1. The second-order valence-electron chi connectivity index (χ2n) is 4.40. The number of ether oxygens (including phenoxy) is 2. The van der Waals surface area contributed by atoms with Crippen LogP contribution >= 0.6 is 0 Å². The summed E-state index contributed by atoms with van der Waals surface area (Å²) in [5.41, 5.74) is 3.53. The third-order valence-electron chi connectivity index (χ3n) is 2.82. The summed E-state index contributed by atoms with van der Waals surface area (Å²) in [6, 6.07) is 16.2. The van der Waals surface area contributed by atoms with Crippen molar-refractivity contribution in [1.82, 2.24) is 0 Å². The first-order chi connectivity index (χ1) is 9.28. The van der Waals surface area contributed by atoms with Crippen LogP contribution in [0.2, 0.25) is 0 Å². The zero-order chi connectivity index (χ0) is 13.5. The van der Waals surface area contributed by atoms with E-state index in [4.69, 9.17) is 9.47 Å². The molecule has 0 amide bonds. The molecule has 0 aliphatic heterocycles. The van der Waals surface area contributed by atoms with E-state index in [0.29, 0.717) is 13.2 Å². The Morgan fingerprint density at radius 1 is 0.895 bits per heavy atom. The highest BCUT2D eigenvalue weighted by Crippen LogP contribution is 2.15. The molecule has 0 saturated heterocycles. The molecule has 0 unspecified atom stereocenters. The van der Waals surface area contributed by atoms with E-state index in [1.807, 2.05) is 24.3 Å². The van der Waals surface area contributed by atoms with E-state index in [9.17, 15) is 0 Å². The van der Waals surface area contributed by atoms with Crippen LogP contribution < -0.4 is 4.74 Å². The maximum Gasteiger partial charge on any atom is 0.119 e. The summed E-state index contributed by atoms with van der Waals surface area (Å²) in [5, 5.41) is 0. The Labute approximate surface area is 114 Å². The monoisotopic (exact) mass is 254 g/mol. The van der Waals surface area contributed by atoms with Gasteiger partial charge in [0.25, 0.3) is 0 Å². The first-order valence-corrected chi connectivity index (χ1v) is 6.28. The minimum Gasteiger partial charge on any atom is -0.497 e. The van der Waals surface area contributed by atoms with E-state index in [2.05, 4.69) is 37.8 Å². The van der Waals surface area contributed by atoms with Gasteiger partial charge in [-0.3, -0.25) is 0 Å². The summed E-state index contributed by atoms with van der Waals surface area (Å²) in [5.74, 6) is 0.864. The molecule has 0 aliphatic carbocycles. The predicted octanol–water partition coefficient (Wildman–Crippen LogP) is 4.23. The molecule has 0 bridgehead atoms. The standard InChI is InChI=1S/C17H18O2/c1-3-18-12-15-8-10-17(11-9-15)19-13-16-6-4-14(2)5-7-16/h3-11H,1,12-13H2,2H3. The molecule has 0 aliphatic rings. The maximum absolute atomic E-state index is 5.73. The van der Waals surface area contributed by atoms with Crippen molar-refractivity contribution in [2.45, 2.75) is 20.1 Å². The van der Waals surface area contributed by atoms with Crippen LogP contribution in [0.15, 0.2) is 61.4 Å². The molecular weight excluding hydrogens is 236 g/mol. The fourth-order valence-corrected chi connectivity index (χ4v) is 1.69. The van der Waals surface area contributed by atoms with Crippen LogP contribution in [0.3, 0.4) is 0 Å². The van der Waals surface area contributed by atoms with Crippen molar-refractivity contribution >= 4 is 0 Å².